The first-order chi connectivity index (χ1) is 15.0. The summed E-state index contributed by atoms with van der Waals surface area (Å²) >= 11 is 2.17. The van der Waals surface area contributed by atoms with Crippen LogP contribution in [0, 0.1) is 11.6 Å². The molecule has 0 fully saturated rings. The van der Waals surface area contributed by atoms with E-state index in [0.29, 0.717) is 11.3 Å². The number of nitrogens with zero attached hydrogens (tertiary/aromatic N) is 3. The van der Waals surface area contributed by atoms with Crippen LogP contribution in [0.4, 0.5) is 13.9 Å². The fraction of sp³-hybridized carbons (Fsp3) is 0.100. The second-order valence-corrected chi connectivity index (χ2v) is 7.86. The first kappa shape index (κ1) is 20.9. The fourth-order valence-corrected chi connectivity index (χ4v) is 3.92. The number of methoxy groups -OCH3 is 1. The highest BCUT2D eigenvalue weighted by atomic mass is 32.2. The molecule has 31 heavy (non-hydrogen) atoms. The number of thioether (sulfide) groups is 1. The van der Waals surface area contributed by atoms with Crippen molar-refractivity contribution in [3.05, 3.63) is 59.5 Å². The summed E-state index contributed by atoms with van der Waals surface area (Å²) in [5.74, 6) is -0.656. The summed E-state index contributed by atoms with van der Waals surface area (Å²) < 4.78 is 38.1. The van der Waals surface area contributed by atoms with E-state index in [2.05, 4.69) is 20.5 Å². The average Bonchev–Trinajstić information content (AvgIpc) is 3.43. The van der Waals surface area contributed by atoms with E-state index in [4.69, 9.17) is 9.15 Å². The number of anilines is 1. The minimum absolute atomic E-state index is 0.00318. The van der Waals surface area contributed by atoms with Crippen LogP contribution in [0.3, 0.4) is 0 Å². The first-order valence-electron chi connectivity index (χ1n) is 8.84. The number of aromatic nitrogens is 3. The highest BCUT2D eigenvalue weighted by Crippen LogP contribution is 2.31. The van der Waals surface area contributed by atoms with E-state index in [1.165, 1.54) is 5.38 Å². The molecule has 0 saturated heterocycles. The van der Waals surface area contributed by atoms with Gasteiger partial charge in [0.25, 0.3) is 11.1 Å². The highest BCUT2D eigenvalue weighted by Gasteiger charge is 2.16. The van der Waals surface area contributed by atoms with Gasteiger partial charge in [0, 0.05) is 10.9 Å². The second kappa shape index (κ2) is 9.23. The van der Waals surface area contributed by atoms with Gasteiger partial charge in [-0.1, -0.05) is 23.9 Å². The third-order valence-corrected chi connectivity index (χ3v) is 5.60. The Balaban J connectivity index is 1.37. The van der Waals surface area contributed by atoms with Gasteiger partial charge < -0.3 is 14.5 Å². The Morgan fingerprint density at radius 2 is 2.03 bits per heavy atom. The molecule has 7 nitrogen and oxygen atoms in total. The SMILES string of the molecule is COc1ccccc1-c1nnc(SCC(=O)Nc2nc(-c3cc(F)ccc3F)cs2)o1. The number of halogens is 2. The van der Waals surface area contributed by atoms with Gasteiger partial charge in [-0.15, -0.1) is 21.5 Å². The van der Waals surface area contributed by atoms with Crippen LogP contribution in [0.15, 0.2) is 57.5 Å². The van der Waals surface area contributed by atoms with Gasteiger partial charge in [0.05, 0.1) is 24.1 Å². The average molecular weight is 460 g/mol. The molecule has 2 heterocycles. The largest absolute Gasteiger partial charge is 0.496 e. The third-order valence-electron chi connectivity index (χ3n) is 4.03. The van der Waals surface area contributed by atoms with Gasteiger partial charge in [0.2, 0.25) is 5.91 Å². The van der Waals surface area contributed by atoms with E-state index in [9.17, 15) is 13.6 Å². The minimum Gasteiger partial charge on any atom is -0.496 e. The number of hydrogen-bond donors (Lipinski definition) is 1. The lowest BCUT2D eigenvalue weighted by atomic mass is 10.1. The molecule has 0 unspecified atom stereocenters. The molecule has 0 saturated carbocycles. The van der Waals surface area contributed by atoms with Crippen molar-refractivity contribution in [1.29, 1.82) is 0 Å². The lowest BCUT2D eigenvalue weighted by Crippen LogP contribution is -2.13. The maximum atomic E-state index is 13.9. The van der Waals surface area contributed by atoms with Crippen molar-refractivity contribution in [2.24, 2.45) is 0 Å². The molecule has 0 aliphatic heterocycles. The Bertz CT molecular complexity index is 1230. The molecule has 2 aromatic heterocycles. The minimum atomic E-state index is -0.595. The number of carbonyl (C=O) groups excluding carboxylic acids is 1. The Labute approximate surface area is 183 Å². The molecule has 4 aromatic rings. The molecule has 0 radical (unpaired) electrons. The van der Waals surface area contributed by atoms with Crippen molar-refractivity contribution >= 4 is 34.1 Å². The molecule has 0 aliphatic carbocycles. The molecule has 11 heteroatoms. The second-order valence-electron chi connectivity index (χ2n) is 6.07. The zero-order valence-corrected chi connectivity index (χ0v) is 17.6. The number of nitrogens with one attached hydrogen (secondary N) is 1. The molecule has 0 bridgehead atoms. The fourth-order valence-electron chi connectivity index (χ4n) is 2.63. The van der Waals surface area contributed by atoms with E-state index in [-0.39, 0.29) is 39.2 Å². The van der Waals surface area contributed by atoms with Crippen LogP contribution in [0.2, 0.25) is 0 Å². The maximum absolute atomic E-state index is 13.9. The summed E-state index contributed by atoms with van der Waals surface area (Å²) in [5.41, 5.74) is 0.915. The van der Waals surface area contributed by atoms with Crippen molar-refractivity contribution in [2.75, 3.05) is 18.2 Å². The summed E-state index contributed by atoms with van der Waals surface area (Å²) in [5, 5.41) is 12.6. The van der Waals surface area contributed by atoms with E-state index in [1.54, 1.807) is 19.2 Å². The van der Waals surface area contributed by atoms with Gasteiger partial charge in [-0.05, 0) is 30.3 Å². The molecular formula is C20H14F2N4O3S2. The van der Waals surface area contributed by atoms with Crippen LogP contribution in [0.25, 0.3) is 22.7 Å². The van der Waals surface area contributed by atoms with Crippen LogP contribution in [0.5, 0.6) is 5.75 Å². The van der Waals surface area contributed by atoms with Crippen molar-refractivity contribution in [2.45, 2.75) is 5.22 Å². The summed E-state index contributed by atoms with van der Waals surface area (Å²) in [4.78, 5) is 16.4. The molecule has 2 aromatic carbocycles. The molecule has 0 spiro atoms. The molecule has 0 aliphatic rings. The van der Waals surface area contributed by atoms with Gasteiger partial charge in [-0.3, -0.25) is 4.79 Å². The number of thiazole rings is 1. The van der Waals surface area contributed by atoms with Gasteiger partial charge >= 0.3 is 0 Å². The summed E-state index contributed by atoms with van der Waals surface area (Å²) in [6.45, 7) is 0. The van der Waals surface area contributed by atoms with E-state index >= 15 is 0 Å². The standard InChI is InChI=1S/C20H14F2N4O3S2/c1-28-16-5-3-2-4-12(16)18-25-26-20(29-18)31-10-17(27)24-19-23-15(9-30-19)13-8-11(21)6-7-14(13)22/h2-9H,10H2,1H3,(H,23,24,27). The third kappa shape index (κ3) is 4.89. The van der Waals surface area contributed by atoms with Crippen LogP contribution >= 0.6 is 23.1 Å². The highest BCUT2D eigenvalue weighted by molar-refractivity contribution is 7.99. The molecule has 1 amide bonds. The van der Waals surface area contributed by atoms with E-state index in [1.807, 2.05) is 12.1 Å². The smallest absolute Gasteiger partial charge is 0.277 e. The van der Waals surface area contributed by atoms with Crippen molar-refractivity contribution < 1.29 is 22.7 Å². The van der Waals surface area contributed by atoms with Crippen LogP contribution < -0.4 is 10.1 Å². The Morgan fingerprint density at radius 3 is 2.87 bits per heavy atom. The molecule has 0 atom stereocenters. The van der Waals surface area contributed by atoms with Crippen LogP contribution in [0.1, 0.15) is 0 Å². The Kier molecular flexibility index (Phi) is 6.23. The number of benzene rings is 2. The van der Waals surface area contributed by atoms with E-state index < -0.39 is 11.6 Å². The molecular weight excluding hydrogens is 446 g/mol. The first-order valence-corrected chi connectivity index (χ1v) is 10.7. The summed E-state index contributed by atoms with van der Waals surface area (Å²) in [6.07, 6.45) is 0. The lowest BCUT2D eigenvalue weighted by Gasteiger charge is -2.03. The number of para-hydroxylation sites is 1. The summed E-state index contributed by atoms with van der Waals surface area (Å²) in [7, 11) is 1.54. The van der Waals surface area contributed by atoms with Crippen LogP contribution in [-0.2, 0) is 4.79 Å². The van der Waals surface area contributed by atoms with Crippen molar-refractivity contribution in [3.63, 3.8) is 0 Å². The molecule has 4 rings (SSSR count). The number of rotatable bonds is 7. The monoisotopic (exact) mass is 460 g/mol. The lowest BCUT2D eigenvalue weighted by molar-refractivity contribution is -0.113. The normalized spacial score (nSPS) is 10.8. The van der Waals surface area contributed by atoms with Gasteiger partial charge in [0.15, 0.2) is 5.13 Å². The quantitative estimate of drug-likeness (QED) is 0.393. The molecule has 158 valence electrons. The maximum Gasteiger partial charge on any atom is 0.277 e. The zero-order valence-electron chi connectivity index (χ0n) is 16.0. The topological polar surface area (TPSA) is 90.1 Å². The predicted molar refractivity (Wildman–Crippen MR) is 113 cm³/mol. The van der Waals surface area contributed by atoms with Crippen LogP contribution in [-0.4, -0.2) is 34.0 Å². The van der Waals surface area contributed by atoms with Gasteiger partial charge in [0.1, 0.15) is 17.4 Å². The van der Waals surface area contributed by atoms with E-state index in [0.717, 1.165) is 41.3 Å². The predicted octanol–water partition coefficient (Wildman–Crippen LogP) is 4.88. The summed E-state index contributed by atoms with van der Waals surface area (Å²) in [6, 6.07) is 10.3. The zero-order chi connectivity index (χ0) is 21.8. The van der Waals surface area contributed by atoms with Crippen molar-refractivity contribution in [3.8, 4) is 28.5 Å². The van der Waals surface area contributed by atoms with Gasteiger partial charge in [-0.2, -0.15) is 0 Å². The Hall–Kier alpha value is -3.31. The number of carbonyl (C=O) groups is 1. The number of amides is 1. The number of ether oxygens (including phenoxy) is 1. The van der Waals surface area contributed by atoms with Gasteiger partial charge in [-0.25, -0.2) is 13.8 Å². The number of hydrogen-bond acceptors (Lipinski definition) is 8. The Morgan fingerprint density at radius 1 is 1.19 bits per heavy atom. The molecule has 1 N–H and O–H groups in total. The van der Waals surface area contributed by atoms with Crippen molar-refractivity contribution in [1.82, 2.24) is 15.2 Å².